The summed E-state index contributed by atoms with van der Waals surface area (Å²) in [7, 11) is 0. The van der Waals surface area contributed by atoms with E-state index in [-0.39, 0.29) is 11.0 Å². The second-order valence-electron chi connectivity index (χ2n) is 3.24. The first-order valence-corrected chi connectivity index (χ1v) is 5.51. The fourth-order valence-electron chi connectivity index (χ4n) is 1.15. The van der Waals surface area contributed by atoms with Crippen LogP contribution in [0.15, 0.2) is 30.3 Å². The van der Waals surface area contributed by atoms with Crippen LogP contribution in [0.1, 0.15) is 0 Å². The Labute approximate surface area is 104 Å². The van der Waals surface area contributed by atoms with Crippen LogP contribution < -0.4 is 5.32 Å². The lowest BCUT2D eigenvalue weighted by Gasteiger charge is -2.03. The number of hydrogen-bond acceptors (Lipinski definition) is 4. The van der Waals surface area contributed by atoms with Crippen molar-refractivity contribution in [2.24, 2.45) is 0 Å². The molecule has 1 N–H and O–H groups in total. The van der Waals surface area contributed by atoms with Crippen molar-refractivity contribution in [3.05, 3.63) is 30.3 Å². The van der Waals surface area contributed by atoms with Gasteiger partial charge in [0.25, 0.3) is 0 Å². The Kier molecular flexibility index (Phi) is 3.28. The van der Waals surface area contributed by atoms with E-state index >= 15 is 0 Å². The van der Waals surface area contributed by atoms with Crippen LogP contribution >= 0.6 is 11.5 Å². The number of rotatable bonds is 2. The van der Waals surface area contributed by atoms with Crippen LogP contribution in [-0.2, 0) is 4.79 Å². The van der Waals surface area contributed by atoms with Crippen LogP contribution in [0.3, 0.4) is 0 Å². The summed E-state index contributed by atoms with van der Waals surface area (Å²) in [6.07, 6.45) is -4.93. The van der Waals surface area contributed by atoms with Crippen molar-refractivity contribution in [1.82, 2.24) is 9.36 Å². The molecule has 94 valence electrons. The molecule has 1 heterocycles. The van der Waals surface area contributed by atoms with Crippen LogP contribution in [0.2, 0.25) is 0 Å². The minimum Gasteiger partial charge on any atom is -0.293 e. The van der Waals surface area contributed by atoms with E-state index in [9.17, 15) is 18.0 Å². The first kappa shape index (κ1) is 12.5. The molecule has 2 aromatic rings. The molecule has 0 aliphatic heterocycles. The van der Waals surface area contributed by atoms with Crippen LogP contribution in [0.4, 0.5) is 18.3 Å². The monoisotopic (exact) mass is 273 g/mol. The van der Waals surface area contributed by atoms with Crippen molar-refractivity contribution in [2.45, 2.75) is 6.18 Å². The molecule has 0 radical (unpaired) electrons. The number of nitrogens with zero attached hydrogens (tertiary/aromatic N) is 2. The molecule has 1 aromatic carbocycles. The molecule has 0 spiro atoms. The maximum Gasteiger partial charge on any atom is 0.471 e. The molecule has 1 amide bonds. The number of carbonyl (C=O) groups is 1. The number of alkyl halides is 3. The predicted molar refractivity (Wildman–Crippen MR) is 60.0 cm³/mol. The number of carbonyl (C=O) groups excluding carboxylic acids is 1. The van der Waals surface area contributed by atoms with Gasteiger partial charge in [0.15, 0.2) is 5.82 Å². The normalized spacial score (nSPS) is 11.3. The zero-order valence-corrected chi connectivity index (χ0v) is 9.55. The highest BCUT2D eigenvalue weighted by atomic mass is 32.1. The molecule has 0 fully saturated rings. The number of aromatic nitrogens is 2. The highest BCUT2D eigenvalue weighted by Crippen LogP contribution is 2.23. The molecular weight excluding hydrogens is 267 g/mol. The van der Waals surface area contributed by atoms with Crippen molar-refractivity contribution < 1.29 is 18.0 Å². The standard InChI is InChI=1S/C10H6F3N3OS/c11-10(12,13)8(17)15-9-14-7(16-18-9)6-4-2-1-3-5-6/h1-5H,(H,14,15,16,17). The van der Waals surface area contributed by atoms with E-state index < -0.39 is 12.1 Å². The lowest BCUT2D eigenvalue weighted by Crippen LogP contribution is -2.29. The van der Waals surface area contributed by atoms with E-state index in [4.69, 9.17) is 0 Å². The van der Waals surface area contributed by atoms with Gasteiger partial charge in [-0.05, 0) is 0 Å². The van der Waals surface area contributed by atoms with Crippen LogP contribution in [-0.4, -0.2) is 21.4 Å². The van der Waals surface area contributed by atoms with E-state index in [1.165, 1.54) is 0 Å². The summed E-state index contributed by atoms with van der Waals surface area (Å²) in [5.41, 5.74) is 0.668. The van der Waals surface area contributed by atoms with Crippen LogP contribution in [0.5, 0.6) is 0 Å². The smallest absolute Gasteiger partial charge is 0.293 e. The van der Waals surface area contributed by atoms with Crippen molar-refractivity contribution in [1.29, 1.82) is 0 Å². The molecule has 4 nitrogen and oxygen atoms in total. The Hall–Kier alpha value is -1.96. The number of anilines is 1. The van der Waals surface area contributed by atoms with Gasteiger partial charge in [0.2, 0.25) is 5.13 Å². The molecule has 0 unspecified atom stereocenters. The molecule has 0 aliphatic carbocycles. The Morgan fingerprint density at radius 1 is 1.22 bits per heavy atom. The summed E-state index contributed by atoms with van der Waals surface area (Å²) >= 11 is 0.696. The van der Waals surface area contributed by atoms with Crippen molar-refractivity contribution >= 4 is 22.6 Å². The zero-order chi connectivity index (χ0) is 13.2. The minimum atomic E-state index is -4.93. The van der Waals surface area contributed by atoms with Gasteiger partial charge in [-0.3, -0.25) is 10.1 Å². The van der Waals surface area contributed by atoms with Gasteiger partial charge in [0, 0.05) is 17.1 Å². The second kappa shape index (κ2) is 4.73. The van der Waals surface area contributed by atoms with Crippen molar-refractivity contribution in [3.8, 4) is 11.4 Å². The third-order valence-electron chi connectivity index (χ3n) is 1.94. The summed E-state index contributed by atoms with van der Waals surface area (Å²) in [5, 5.41) is 1.47. The molecule has 0 saturated heterocycles. The Balaban J connectivity index is 2.15. The Morgan fingerprint density at radius 2 is 1.89 bits per heavy atom. The molecule has 0 bridgehead atoms. The van der Waals surface area contributed by atoms with E-state index in [1.54, 1.807) is 35.6 Å². The van der Waals surface area contributed by atoms with Gasteiger partial charge < -0.3 is 0 Å². The lowest BCUT2D eigenvalue weighted by atomic mass is 10.2. The highest BCUT2D eigenvalue weighted by molar-refractivity contribution is 7.10. The summed E-state index contributed by atoms with van der Waals surface area (Å²) in [6.45, 7) is 0. The molecule has 0 saturated carbocycles. The van der Waals surface area contributed by atoms with E-state index in [0.717, 1.165) is 0 Å². The Morgan fingerprint density at radius 3 is 2.50 bits per heavy atom. The SMILES string of the molecule is O=C(Nc1nc(-c2ccccc2)ns1)C(F)(F)F. The first-order valence-electron chi connectivity index (χ1n) is 4.74. The van der Waals surface area contributed by atoms with Crippen molar-refractivity contribution in [2.75, 3.05) is 5.32 Å². The highest BCUT2D eigenvalue weighted by Gasteiger charge is 2.39. The lowest BCUT2D eigenvalue weighted by molar-refractivity contribution is -0.167. The number of halogens is 3. The van der Waals surface area contributed by atoms with E-state index in [1.807, 2.05) is 0 Å². The number of nitrogens with one attached hydrogen (secondary N) is 1. The maximum atomic E-state index is 12.0. The molecule has 8 heteroatoms. The minimum absolute atomic E-state index is 0.184. The van der Waals surface area contributed by atoms with Gasteiger partial charge in [-0.2, -0.15) is 22.5 Å². The van der Waals surface area contributed by atoms with E-state index in [0.29, 0.717) is 17.1 Å². The van der Waals surface area contributed by atoms with Gasteiger partial charge in [0.1, 0.15) is 0 Å². The molecule has 1 aromatic heterocycles. The molecule has 0 atom stereocenters. The molecule has 0 aliphatic rings. The third kappa shape index (κ3) is 2.83. The van der Waals surface area contributed by atoms with Gasteiger partial charge >= 0.3 is 12.1 Å². The topological polar surface area (TPSA) is 54.9 Å². The van der Waals surface area contributed by atoms with Gasteiger partial charge in [-0.15, -0.1) is 0 Å². The second-order valence-corrected chi connectivity index (χ2v) is 3.99. The fraction of sp³-hybridized carbons (Fsp3) is 0.100. The molecule has 2 rings (SSSR count). The largest absolute Gasteiger partial charge is 0.471 e. The Bertz CT molecular complexity index is 553. The number of amides is 1. The average Bonchev–Trinajstić information content (AvgIpc) is 2.77. The summed E-state index contributed by atoms with van der Waals surface area (Å²) in [5.74, 6) is -1.78. The molecule has 18 heavy (non-hydrogen) atoms. The maximum absolute atomic E-state index is 12.0. The summed E-state index contributed by atoms with van der Waals surface area (Å²) in [4.78, 5) is 14.5. The number of hydrogen-bond donors (Lipinski definition) is 1. The van der Waals surface area contributed by atoms with Crippen molar-refractivity contribution in [3.63, 3.8) is 0 Å². The van der Waals surface area contributed by atoms with Crippen LogP contribution in [0, 0.1) is 0 Å². The first-order chi connectivity index (χ1) is 8.47. The summed E-state index contributed by atoms with van der Waals surface area (Å²) in [6, 6.07) is 8.74. The zero-order valence-electron chi connectivity index (χ0n) is 8.73. The van der Waals surface area contributed by atoms with Gasteiger partial charge in [-0.25, -0.2) is 0 Å². The quantitative estimate of drug-likeness (QED) is 0.915. The fourth-order valence-corrected chi connectivity index (χ4v) is 1.73. The summed E-state index contributed by atoms with van der Waals surface area (Å²) < 4.78 is 39.9. The predicted octanol–water partition coefficient (Wildman–Crippen LogP) is 2.71. The van der Waals surface area contributed by atoms with E-state index in [2.05, 4.69) is 9.36 Å². The number of benzene rings is 1. The van der Waals surface area contributed by atoms with Crippen LogP contribution in [0.25, 0.3) is 11.4 Å². The van der Waals surface area contributed by atoms with Gasteiger partial charge in [0.05, 0.1) is 0 Å². The molecular formula is C10H6F3N3OS. The van der Waals surface area contributed by atoms with Gasteiger partial charge in [-0.1, -0.05) is 30.3 Å². The third-order valence-corrected chi connectivity index (χ3v) is 2.57. The average molecular weight is 273 g/mol.